The summed E-state index contributed by atoms with van der Waals surface area (Å²) in [7, 11) is -0.344. The molecule has 1 aromatic carbocycles. The number of aromatic nitrogens is 1. The van der Waals surface area contributed by atoms with Crippen LogP contribution in [0.3, 0.4) is 0 Å². The van der Waals surface area contributed by atoms with Crippen LogP contribution in [-0.2, 0) is 11.0 Å². The molecule has 1 heterocycles. The first-order valence-corrected chi connectivity index (χ1v) is 9.67. The summed E-state index contributed by atoms with van der Waals surface area (Å²) in [6.45, 7) is 2.17. The van der Waals surface area contributed by atoms with Crippen LogP contribution >= 0.6 is 31.0 Å². The van der Waals surface area contributed by atoms with Gasteiger partial charge in [0.25, 0.3) is 0 Å². The monoisotopic (exact) mass is 365 g/mol. The number of rotatable bonds is 7. The van der Waals surface area contributed by atoms with Crippen LogP contribution in [0.25, 0.3) is 10.2 Å². The molecular weight excluding hydrogens is 349 g/mol. The van der Waals surface area contributed by atoms with Crippen LogP contribution in [0.1, 0.15) is 38.2 Å². The van der Waals surface area contributed by atoms with Crippen molar-refractivity contribution in [3.63, 3.8) is 0 Å². The quantitative estimate of drug-likeness (QED) is 0.315. The van der Waals surface area contributed by atoms with Gasteiger partial charge in [0, 0.05) is 0 Å². The number of nitrogens with zero attached hydrogens (tertiary/aromatic N) is 2. The van der Waals surface area contributed by atoms with E-state index in [4.69, 9.17) is 15.7 Å². The molecule has 0 fully saturated rings. The van der Waals surface area contributed by atoms with E-state index in [0.29, 0.717) is 16.4 Å². The van der Waals surface area contributed by atoms with Gasteiger partial charge in [-0.15, -0.1) is 0 Å². The maximum absolute atomic E-state index is 10.6. The van der Waals surface area contributed by atoms with Crippen LogP contribution in [0, 0.1) is 16.5 Å². The third-order valence-electron chi connectivity index (χ3n) is 3.34. The van der Waals surface area contributed by atoms with Gasteiger partial charge in [-0.25, -0.2) is 0 Å². The Morgan fingerprint density at radius 1 is 1.48 bits per heavy atom. The van der Waals surface area contributed by atoms with E-state index in [2.05, 4.69) is 23.1 Å². The van der Waals surface area contributed by atoms with Crippen LogP contribution in [-0.4, -0.2) is 4.98 Å². The molecule has 2 rings (SSSR count). The standard InChI is InChI=1S/C15H16N3O2PS2/c1-2-3-4-5-6-10-12(22-8-16)7-11(20-9-21-19)13-14(10)23-15(17)18-13/h7H,2-6H2,1H3,(H2,17,18). The number of anilines is 1. The Balaban J connectivity index is 2.49. The molecule has 0 aliphatic heterocycles. The average Bonchev–Trinajstić information content (AvgIpc) is 2.93. The number of thiocyanates is 1. The van der Waals surface area contributed by atoms with Crippen molar-refractivity contribution >= 4 is 46.4 Å². The molecule has 0 amide bonds. The van der Waals surface area contributed by atoms with E-state index in [1.54, 1.807) is 6.07 Å². The van der Waals surface area contributed by atoms with Crippen molar-refractivity contribution in [1.82, 2.24) is 4.98 Å². The minimum absolute atomic E-state index is 0.344. The van der Waals surface area contributed by atoms with Gasteiger partial charge in [0.1, 0.15) is 0 Å². The fourth-order valence-electron chi connectivity index (χ4n) is 2.35. The number of fused-ring (bicyclic) bond motifs is 1. The van der Waals surface area contributed by atoms with Gasteiger partial charge in [-0.05, 0) is 0 Å². The molecule has 8 heteroatoms. The fraction of sp³-hybridized carbons (Fsp3) is 0.400. The van der Waals surface area contributed by atoms with E-state index in [-0.39, 0.29) is 7.92 Å². The molecule has 0 spiro atoms. The van der Waals surface area contributed by atoms with Gasteiger partial charge in [-0.3, -0.25) is 0 Å². The van der Waals surface area contributed by atoms with Crippen molar-refractivity contribution in [2.45, 2.75) is 43.9 Å². The summed E-state index contributed by atoms with van der Waals surface area (Å²) < 4.78 is 16.7. The van der Waals surface area contributed by atoms with Crippen molar-refractivity contribution in [3.05, 3.63) is 11.6 Å². The summed E-state index contributed by atoms with van der Waals surface area (Å²) in [5.41, 5.74) is 7.58. The van der Waals surface area contributed by atoms with E-state index in [1.807, 2.05) is 0 Å². The van der Waals surface area contributed by atoms with E-state index >= 15 is 0 Å². The maximum atomic E-state index is 10.6. The Morgan fingerprint density at radius 3 is 3.00 bits per heavy atom. The molecule has 5 nitrogen and oxygen atoms in total. The molecule has 0 saturated heterocycles. The summed E-state index contributed by atoms with van der Waals surface area (Å²) >= 11 is 2.48. The van der Waals surface area contributed by atoms with Gasteiger partial charge in [-0.1, -0.05) is 0 Å². The number of ether oxygens (including phenoxy) is 1. The summed E-state index contributed by atoms with van der Waals surface area (Å²) in [6, 6.07) is 1.75. The summed E-state index contributed by atoms with van der Waals surface area (Å²) in [5, 5.41) is 11.6. The number of nitriles is 1. The number of aryl methyl sites for hydroxylation is 1. The molecule has 2 aromatic rings. The van der Waals surface area contributed by atoms with Gasteiger partial charge in [0.05, 0.1) is 0 Å². The molecule has 2 N–H and O–H groups in total. The molecule has 0 unspecified atom stereocenters. The van der Waals surface area contributed by atoms with Gasteiger partial charge in [-0.2, -0.15) is 0 Å². The number of benzene rings is 1. The fourth-order valence-corrected chi connectivity index (χ4v) is 4.06. The Labute approximate surface area is 144 Å². The number of nitrogen functional groups attached to an aromatic ring is 1. The summed E-state index contributed by atoms with van der Waals surface area (Å²) in [6.07, 6.45) is 5.45. The minimum atomic E-state index is -0.344. The number of unbranched alkanes of at least 4 members (excludes halogenated alkanes) is 3. The van der Waals surface area contributed by atoms with E-state index in [9.17, 15) is 4.57 Å². The van der Waals surface area contributed by atoms with E-state index in [0.717, 1.165) is 46.2 Å². The predicted molar refractivity (Wildman–Crippen MR) is 95.5 cm³/mol. The molecular formula is C15H16N3O2PS2. The SMILES string of the molecule is CCCCCCc1c(SC#N)cc(OC#P=O)c2nc(N)sc12. The average molecular weight is 365 g/mol. The Bertz CT molecular complexity index is 839. The zero-order valence-corrected chi connectivity index (χ0v) is 15.2. The Hall–Kier alpha value is -1.44. The van der Waals surface area contributed by atoms with E-state index in [1.165, 1.54) is 24.2 Å². The van der Waals surface area contributed by atoms with Crippen molar-refractivity contribution in [2.24, 2.45) is 0 Å². The number of nitrogens with two attached hydrogens (primary N) is 1. The zero-order chi connectivity index (χ0) is 16.7. The van der Waals surface area contributed by atoms with Crippen LogP contribution in [0.2, 0.25) is 0 Å². The van der Waals surface area contributed by atoms with Gasteiger partial charge < -0.3 is 0 Å². The molecule has 0 saturated carbocycles. The first-order valence-electron chi connectivity index (χ1n) is 7.23. The van der Waals surface area contributed by atoms with E-state index < -0.39 is 0 Å². The molecule has 1 aromatic heterocycles. The van der Waals surface area contributed by atoms with Crippen LogP contribution < -0.4 is 10.5 Å². The van der Waals surface area contributed by atoms with Crippen molar-refractivity contribution in [2.75, 3.05) is 5.73 Å². The molecule has 0 bridgehead atoms. The topological polar surface area (TPSA) is 89.0 Å². The van der Waals surface area contributed by atoms with Gasteiger partial charge in [0.15, 0.2) is 0 Å². The second-order valence-electron chi connectivity index (χ2n) is 4.87. The second-order valence-corrected chi connectivity index (χ2v) is 7.09. The van der Waals surface area contributed by atoms with Crippen molar-refractivity contribution in [3.8, 4) is 17.0 Å². The van der Waals surface area contributed by atoms with Crippen LogP contribution in [0.5, 0.6) is 5.75 Å². The van der Waals surface area contributed by atoms with Crippen molar-refractivity contribution in [1.29, 1.82) is 5.26 Å². The predicted octanol–water partition coefficient (Wildman–Crippen LogP) is 5.16. The molecule has 0 atom stereocenters. The Morgan fingerprint density at radius 2 is 2.30 bits per heavy atom. The third-order valence-corrected chi connectivity index (χ3v) is 5.13. The molecule has 0 radical (unpaired) electrons. The Kier molecular flexibility index (Phi) is 7.01. The molecule has 0 aliphatic rings. The first kappa shape index (κ1) is 17.9. The van der Waals surface area contributed by atoms with Crippen LogP contribution in [0.4, 0.5) is 5.13 Å². The summed E-state index contributed by atoms with van der Waals surface area (Å²) in [5.74, 6) is 2.69. The van der Waals surface area contributed by atoms with Crippen LogP contribution in [0.15, 0.2) is 11.0 Å². The summed E-state index contributed by atoms with van der Waals surface area (Å²) in [4.78, 5) is 5.14. The molecule has 120 valence electrons. The second kappa shape index (κ2) is 9.00. The molecule has 23 heavy (non-hydrogen) atoms. The number of thiazole rings is 1. The van der Waals surface area contributed by atoms with Gasteiger partial charge >= 0.3 is 144 Å². The number of thioether (sulfide) groups is 1. The van der Waals surface area contributed by atoms with Crippen molar-refractivity contribution < 1.29 is 9.30 Å². The zero-order valence-electron chi connectivity index (χ0n) is 12.7. The number of hydrogen-bond acceptors (Lipinski definition) is 7. The molecule has 0 aliphatic carbocycles. The third kappa shape index (κ3) is 4.53. The normalized spacial score (nSPS) is 10.3. The van der Waals surface area contributed by atoms with Gasteiger partial charge in [0.2, 0.25) is 0 Å². The first-order chi connectivity index (χ1) is 11.2. The number of hydrogen-bond donors (Lipinski definition) is 1.